The summed E-state index contributed by atoms with van der Waals surface area (Å²) in [4.78, 5) is 68.3. The minimum Gasteiger partial charge on any atom is -0.493 e. The van der Waals surface area contributed by atoms with Crippen molar-refractivity contribution in [1.29, 1.82) is 0 Å². The summed E-state index contributed by atoms with van der Waals surface area (Å²) in [6.45, 7) is 10.9. The lowest BCUT2D eigenvalue weighted by atomic mass is 9.95. The molecule has 0 spiro atoms. The van der Waals surface area contributed by atoms with E-state index in [1.165, 1.54) is 24.8 Å². The van der Waals surface area contributed by atoms with Crippen LogP contribution in [0.2, 0.25) is 0 Å². The van der Waals surface area contributed by atoms with Gasteiger partial charge in [-0.05, 0) is 78.2 Å². The molecule has 4 atom stereocenters. The average Bonchev–Trinajstić information content (AvgIpc) is 3.36. The van der Waals surface area contributed by atoms with Gasteiger partial charge in [-0.25, -0.2) is 15.0 Å². The van der Waals surface area contributed by atoms with Gasteiger partial charge in [-0.2, -0.15) is 9.49 Å². The maximum atomic E-state index is 14.5. The van der Waals surface area contributed by atoms with Crippen LogP contribution < -0.4 is 15.4 Å². The Kier molecular flexibility index (Phi) is 10.3. The number of unbranched alkanes of at least 4 members (excludes halogenated alkanes) is 1. The number of Topliss-reactive ketones (excluding diaryl/α,β-unsaturated/α-hetero) is 1. The lowest BCUT2D eigenvalue weighted by Gasteiger charge is -2.28. The zero-order valence-corrected chi connectivity index (χ0v) is 31.2. The van der Waals surface area contributed by atoms with Crippen molar-refractivity contribution in [1.82, 2.24) is 34.9 Å². The molecule has 6 rings (SSSR count). The molecule has 0 bridgehead atoms. The summed E-state index contributed by atoms with van der Waals surface area (Å²) in [5, 5.41) is 11.0. The number of carbonyl (C=O) groups is 4. The van der Waals surface area contributed by atoms with Gasteiger partial charge in [-0.3, -0.25) is 23.9 Å². The smallest absolute Gasteiger partial charge is 0.248 e. The van der Waals surface area contributed by atoms with Gasteiger partial charge in [0.1, 0.15) is 34.5 Å². The van der Waals surface area contributed by atoms with E-state index in [1.807, 2.05) is 26.0 Å². The van der Waals surface area contributed by atoms with Gasteiger partial charge in [0.05, 0.1) is 12.6 Å². The molecule has 1 aliphatic carbocycles. The molecule has 1 saturated carbocycles. The molecule has 2 aliphatic rings. The number of methoxy groups -OCH3 is 1. The lowest BCUT2D eigenvalue weighted by Crippen LogP contribution is -2.47. The van der Waals surface area contributed by atoms with E-state index in [0.717, 1.165) is 23.1 Å². The molecule has 3 amide bonds. The summed E-state index contributed by atoms with van der Waals surface area (Å²) in [5.41, 5.74) is 2.64. The van der Waals surface area contributed by atoms with Crippen LogP contribution in [-0.2, 0) is 20.9 Å². The van der Waals surface area contributed by atoms with Crippen LogP contribution in [0.3, 0.4) is 0 Å². The number of carbonyl (C=O) groups excluding carboxylic acids is 4. The largest absolute Gasteiger partial charge is 0.493 e. The molecule has 0 radical (unpaired) electrons. The Balaban J connectivity index is 1.32. The first-order valence-electron chi connectivity index (χ1n) is 17.0. The number of allylic oxidation sites excluding steroid dienone is 1. The lowest BCUT2D eigenvalue weighted by molar-refractivity contribution is -0.139. The predicted octanol–water partition coefficient (Wildman–Crippen LogP) is 5.33. The molecule has 3 aromatic heterocycles. The van der Waals surface area contributed by atoms with Gasteiger partial charge in [0.15, 0.2) is 17.3 Å². The highest BCUT2D eigenvalue weighted by Gasteiger charge is 2.72. The summed E-state index contributed by atoms with van der Waals surface area (Å²) < 4.78 is 20.9. The second kappa shape index (κ2) is 14.5. The van der Waals surface area contributed by atoms with Crippen molar-refractivity contribution in [3.63, 3.8) is 0 Å². The number of anilines is 1. The SMILES string of the molecule is C=CCCCC(=O)NC[C@@]12C[C@@H](C(=O)Nc3cc(OC)c(F)c(Br)n3)N(C(=O)Cn3nc(C(C)=O)c4cc(-c5cnc(C)nc5)cc(C)c43)C1C2C. The number of hydrogen-bond acceptors (Lipinski definition) is 9. The molecule has 52 heavy (non-hydrogen) atoms. The molecule has 4 heterocycles. The van der Waals surface area contributed by atoms with Crippen LogP contribution >= 0.6 is 15.9 Å². The maximum absolute atomic E-state index is 14.5. The fourth-order valence-corrected chi connectivity index (χ4v) is 7.90. The van der Waals surface area contributed by atoms with Crippen molar-refractivity contribution in [2.45, 2.75) is 72.0 Å². The molecular formula is C37H40BrFN8O5. The Morgan fingerprint density at radius 3 is 2.56 bits per heavy atom. The number of piperidine rings is 1. The van der Waals surface area contributed by atoms with Gasteiger partial charge in [-0.15, -0.1) is 6.58 Å². The van der Waals surface area contributed by atoms with E-state index in [-0.39, 0.29) is 70.9 Å². The van der Waals surface area contributed by atoms with Crippen LogP contribution in [0.5, 0.6) is 5.75 Å². The number of rotatable bonds is 13. The number of hydrogen-bond donors (Lipinski definition) is 2. The van der Waals surface area contributed by atoms with Gasteiger partial charge in [0.2, 0.25) is 17.7 Å². The van der Waals surface area contributed by atoms with Crippen molar-refractivity contribution >= 4 is 56.2 Å². The monoisotopic (exact) mass is 774 g/mol. The van der Waals surface area contributed by atoms with Crippen LogP contribution in [0.15, 0.2) is 47.9 Å². The van der Waals surface area contributed by atoms with Crippen molar-refractivity contribution in [3.05, 3.63) is 70.7 Å². The molecule has 1 saturated heterocycles. The van der Waals surface area contributed by atoms with E-state index in [0.29, 0.717) is 29.6 Å². The van der Waals surface area contributed by atoms with Crippen molar-refractivity contribution < 1.29 is 28.3 Å². The molecule has 2 N–H and O–H groups in total. The Hall–Kier alpha value is -5.05. The maximum Gasteiger partial charge on any atom is 0.248 e. The fraction of sp³-hybridized carbons (Fsp3) is 0.405. The zero-order valence-electron chi connectivity index (χ0n) is 29.6. The number of ketones is 1. The number of nitrogens with one attached hydrogen (secondary N) is 2. The van der Waals surface area contributed by atoms with Crippen LogP contribution in [-0.4, -0.2) is 78.9 Å². The number of nitrogens with zero attached hydrogens (tertiary/aromatic N) is 6. The van der Waals surface area contributed by atoms with Crippen molar-refractivity contribution in [2.24, 2.45) is 11.3 Å². The van der Waals surface area contributed by atoms with Crippen LogP contribution in [0.1, 0.15) is 61.4 Å². The normalized spacial score (nSPS) is 20.4. The molecule has 13 nitrogen and oxygen atoms in total. The number of aromatic nitrogens is 5. The highest BCUT2D eigenvalue weighted by Crippen LogP contribution is 2.64. The second-order valence-electron chi connectivity index (χ2n) is 13.5. The van der Waals surface area contributed by atoms with Gasteiger partial charge in [0, 0.05) is 60.8 Å². The quantitative estimate of drug-likeness (QED) is 0.0792. The van der Waals surface area contributed by atoms with Gasteiger partial charge >= 0.3 is 0 Å². The molecule has 272 valence electrons. The van der Waals surface area contributed by atoms with E-state index in [2.05, 4.69) is 53.2 Å². The number of aryl methyl sites for hydroxylation is 2. The highest BCUT2D eigenvalue weighted by molar-refractivity contribution is 9.10. The van der Waals surface area contributed by atoms with Crippen molar-refractivity contribution in [2.75, 3.05) is 19.0 Å². The second-order valence-corrected chi connectivity index (χ2v) is 14.3. The minimum absolute atomic E-state index is 0.0182. The van der Waals surface area contributed by atoms with Crippen LogP contribution in [0.25, 0.3) is 22.0 Å². The Morgan fingerprint density at radius 2 is 1.88 bits per heavy atom. The molecule has 2 fully saturated rings. The number of amides is 3. The molecule has 2 unspecified atom stereocenters. The van der Waals surface area contributed by atoms with Gasteiger partial charge in [0.25, 0.3) is 0 Å². The Morgan fingerprint density at radius 1 is 1.15 bits per heavy atom. The molecule has 15 heteroatoms. The Bertz CT molecular complexity index is 2100. The first-order chi connectivity index (χ1) is 24.8. The van der Waals surface area contributed by atoms with Gasteiger partial charge < -0.3 is 20.3 Å². The molecule has 1 aromatic carbocycles. The number of pyridine rings is 1. The number of benzene rings is 1. The highest BCUT2D eigenvalue weighted by atomic mass is 79.9. The molecule has 4 aromatic rings. The summed E-state index contributed by atoms with van der Waals surface area (Å²) in [6, 6.07) is 3.76. The number of likely N-dealkylation sites (tertiary alicyclic amines) is 1. The van der Waals surface area contributed by atoms with E-state index >= 15 is 0 Å². The third-order valence-electron chi connectivity index (χ3n) is 10.2. The number of fused-ring (bicyclic) bond motifs is 2. The topological polar surface area (TPSA) is 161 Å². The standard InChI is InChI=1S/C37H40BrFN8O5/c1-7-8-9-10-29(49)42-18-37-14-26(36(51)44-28-13-27(52-6)31(39)35(38)43-28)47(34(37)20(37)3)30(50)17-46-33-19(2)11-23(24-15-40-22(5)41-16-24)12-25(33)32(45-46)21(4)48/h7,11-13,15-16,20,26,34H,1,8-10,14,17-18H2,2-6H3,(H,42,49)(H,43,44,51)/t20?,26-,34?,37+/m0/s1. The zero-order chi connectivity index (χ0) is 37.5. The number of ether oxygens (including phenoxy) is 1. The summed E-state index contributed by atoms with van der Waals surface area (Å²) in [5.74, 6) is -1.47. The fourth-order valence-electron chi connectivity index (χ4n) is 7.51. The summed E-state index contributed by atoms with van der Waals surface area (Å²) >= 11 is 3.06. The minimum atomic E-state index is -0.939. The van der Waals surface area contributed by atoms with Gasteiger partial charge in [-0.1, -0.05) is 13.0 Å². The molecular weight excluding hydrogens is 735 g/mol. The Labute approximate surface area is 308 Å². The summed E-state index contributed by atoms with van der Waals surface area (Å²) in [7, 11) is 1.30. The third kappa shape index (κ3) is 6.81. The van der Waals surface area contributed by atoms with Crippen LogP contribution in [0, 0.1) is 31.0 Å². The predicted molar refractivity (Wildman–Crippen MR) is 195 cm³/mol. The first-order valence-corrected chi connectivity index (χ1v) is 17.8. The summed E-state index contributed by atoms with van der Waals surface area (Å²) in [6.07, 6.45) is 7.19. The van der Waals surface area contributed by atoms with E-state index < -0.39 is 23.2 Å². The average molecular weight is 776 g/mol. The van der Waals surface area contributed by atoms with Crippen molar-refractivity contribution in [3.8, 4) is 16.9 Å². The third-order valence-corrected chi connectivity index (χ3v) is 10.7. The molecule has 1 aliphatic heterocycles. The first kappa shape index (κ1) is 36.7. The van der Waals surface area contributed by atoms with E-state index in [4.69, 9.17) is 4.74 Å². The number of halogens is 2. The van der Waals surface area contributed by atoms with E-state index in [1.54, 1.807) is 30.3 Å². The van der Waals surface area contributed by atoms with Crippen LogP contribution in [0.4, 0.5) is 10.2 Å². The van der Waals surface area contributed by atoms with E-state index in [9.17, 15) is 23.6 Å².